The number of carbonyl (C=O) groups is 2. The molecule has 3 aromatic carbocycles. The number of ether oxygens (including phenoxy) is 2. The molecule has 0 spiro atoms. The minimum absolute atomic E-state index is 0.0954. The van der Waals surface area contributed by atoms with Crippen molar-refractivity contribution in [2.45, 2.75) is 51.6 Å². The van der Waals surface area contributed by atoms with E-state index < -0.39 is 41.3 Å². The second-order valence-electron chi connectivity index (χ2n) is 11.4. The topological polar surface area (TPSA) is 143 Å². The number of nitriles is 1. The van der Waals surface area contributed by atoms with Gasteiger partial charge in [-0.3, -0.25) is 4.79 Å². The summed E-state index contributed by atoms with van der Waals surface area (Å²) >= 11 is 1.25. The summed E-state index contributed by atoms with van der Waals surface area (Å²) < 4.78 is 43.0. The number of thiazole rings is 1. The highest BCUT2D eigenvalue weighted by atomic mass is 32.1. The van der Waals surface area contributed by atoms with Crippen LogP contribution in [0.5, 0.6) is 0 Å². The Bertz CT molecular complexity index is 1990. The van der Waals surface area contributed by atoms with Gasteiger partial charge >= 0.3 is 12.1 Å². The zero-order chi connectivity index (χ0) is 35.1. The van der Waals surface area contributed by atoms with E-state index in [9.17, 15) is 19.1 Å². The highest BCUT2D eigenvalue weighted by Crippen LogP contribution is 2.41. The molecule has 0 aliphatic carbocycles. The summed E-state index contributed by atoms with van der Waals surface area (Å²) in [5, 5.41) is 30.5. The number of carbonyl (C=O) groups excluding carboxylic acids is 2. The molecule has 1 amide bonds. The number of esters is 1. The van der Waals surface area contributed by atoms with Crippen molar-refractivity contribution >= 4 is 23.4 Å². The maximum Gasteiger partial charge on any atom is 0.410 e. The summed E-state index contributed by atoms with van der Waals surface area (Å²) in [6.45, 7) is 4.13. The molecule has 2 N–H and O–H groups in total. The average Bonchev–Trinajstić information content (AvgIpc) is 3.77. The van der Waals surface area contributed by atoms with Gasteiger partial charge in [-0.05, 0) is 48.4 Å². The van der Waals surface area contributed by atoms with Gasteiger partial charge in [-0.2, -0.15) is 5.26 Å². The summed E-state index contributed by atoms with van der Waals surface area (Å²) in [6.07, 6.45) is 2.02. The van der Waals surface area contributed by atoms with Crippen LogP contribution >= 0.6 is 11.3 Å². The Balaban J connectivity index is 1.33. The zero-order valence-electron chi connectivity index (χ0n) is 26.8. The van der Waals surface area contributed by atoms with Crippen molar-refractivity contribution in [2.24, 2.45) is 0 Å². The van der Waals surface area contributed by atoms with E-state index in [1.54, 1.807) is 42.6 Å². The molecule has 0 saturated carbocycles. The van der Waals surface area contributed by atoms with Crippen molar-refractivity contribution in [1.82, 2.24) is 20.1 Å². The summed E-state index contributed by atoms with van der Waals surface area (Å²) in [4.78, 5) is 28.9. The second kappa shape index (κ2) is 15.1. The smallest absolute Gasteiger partial charge is 0.410 e. The molecule has 2 aromatic heterocycles. The van der Waals surface area contributed by atoms with Gasteiger partial charge in [0.05, 0.1) is 28.4 Å². The summed E-state index contributed by atoms with van der Waals surface area (Å²) in [7, 11) is 0. The molecule has 1 unspecified atom stereocenters. The van der Waals surface area contributed by atoms with Gasteiger partial charge in [0.1, 0.15) is 30.4 Å². The van der Waals surface area contributed by atoms with Crippen molar-refractivity contribution < 1.29 is 37.5 Å². The molecule has 252 valence electrons. The number of nitrogens with one attached hydrogen (secondary N) is 1. The van der Waals surface area contributed by atoms with E-state index in [-0.39, 0.29) is 25.4 Å². The molecule has 5 rings (SSSR count). The Morgan fingerprint density at radius 2 is 1.90 bits per heavy atom. The molecule has 0 aliphatic heterocycles. The van der Waals surface area contributed by atoms with Crippen LogP contribution in [0.1, 0.15) is 53.1 Å². The maximum atomic E-state index is 15.3. The van der Waals surface area contributed by atoms with Crippen LogP contribution in [0.3, 0.4) is 0 Å². The van der Waals surface area contributed by atoms with Gasteiger partial charge in [0.25, 0.3) is 6.33 Å². The van der Waals surface area contributed by atoms with Gasteiger partial charge in [-0.25, -0.2) is 23.1 Å². The standard InChI is InChI=1S/C35H32F2N6O5S/c1-22-6-4-5-7-28(22)31(16-47-24(3)44)41-34(45)48-21-42-19-39-43(20-42)18-35(46,29-14-27(36)12-13-30(29)37)23(2)33-40-32(17-49-33)26-10-8-25(15-38)9-11-26/h4-14,17,19-20,23,31,46H,16,18,21H2,1-3H3/p+1/t23-,31?,35+/m0/s1. The molecule has 14 heteroatoms. The first-order valence-electron chi connectivity index (χ1n) is 15.1. The van der Waals surface area contributed by atoms with Crippen LogP contribution in [0.4, 0.5) is 13.6 Å². The Morgan fingerprint density at radius 3 is 2.61 bits per heavy atom. The van der Waals surface area contributed by atoms with Crippen LogP contribution in [0.25, 0.3) is 11.3 Å². The lowest BCUT2D eigenvalue weighted by Crippen LogP contribution is -2.40. The number of halogens is 2. The largest absolute Gasteiger partial charge is 0.463 e. The molecule has 0 fully saturated rings. The normalized spacial score (nSPS) is 13.5. The van der Waals surface area contributed by atoms with Gasteiger partial charge < -0.3 is 19.9 Å². The van der Waals surface area contributed by atoms with E-state index in [2.05, 4.69) is 21.5 Å². The highest BCUT2D eigenvalue weighted by molar-refractivity contribution is 7.10. The molecule has 0 saturated heterocycles. The molecular weight excluding hydrogens is 654 g/mol. The SMILES string of the molecule is CC(=O)OCC(NC(=O)OC[n+]1cnn(C[C@](O)(c2cc(F)ccc2F)[C@@H](C)c2nc(-c3ccc(C#N)cc3)cs2)c1)c1ccccc1C. The number of alkyl carbamates (subject to hydrolysis) is 1. The quantitative estimate of drug-likeness (QED) is 0.131. The number of amides is 1. The predicted molar refractivity (Wildman–Crippen MR) is 174 cm³/mol. The van der Waals surface area contributed by atoms with E-state index in [1.807, 2.05) is 25.1 Å². The van der Waals surface area contributed by atoms with Crippen LogP contribution in [-0.4, -0.2) is 38.5 Å². The maximum absolute atomic E-state index is 15.3. The predicted octanol–water partition coefficient (Wildman–Crippen LogP) is 5.43. The van der Waals surface area contributed by atoms with Crippen LogP contribution in [0, 0.1) is 29.9 Å². The number of aliphatic hydroxyl groups is 1. The molecule has 0 aliphatic rings. The third kappa shape index (κ3) is 8.32. The number of benzene rings is 3. The average molecular weight is 688 g/mol. The molecule has 0 bridgehead atoms. The summed E-state index contributed by atoms with van der Waals surface area (Å²) in [6, 6.07) is 18.5. The monoisotopic (exact) mass is 687 g/mol. The van der Waals surface area contributed by atoms with E-state index in [1.165, 1.54) is 40.2 Å². The van der Waals surface area contributed by atoms with Crippen LogP contribution < -0.4 is 9.88 Å². The number of aryl methyl sites for hydroxylation is 1. The van der Waals surface area contributed by atoms with Crippen molar-refractivity contribution in [3.63, 3.8) is 0 Å². The van der Waals surface area contributed by atoms with Crippen LogP contribution in [0.2, 0.25) is 0 Å². The first-order valence-corrected chi connectivity index (χ1v) is 16.0. The van der Waals surface area contributed by atoms with Crippen molar-refractivity contribution in [1.29, 1.82) is 5.26 Å². The highest BCUT2D eigenvalue weighted by Gasteiger charge is 2.43. The third-order valence-corrected chi connectivity index (χ3v) is 9.03. The Kier molecular flexibility index (Phi) is 10.8. The van der Waals surface area contributed by atoms with Gasteiger partial charge in [-0.1, -0.05) is 43.3 Å². The number of rotatable bonds is 12. The minimum atomic E-state index is -2.02. The fraction of sp³-hybridized carbons (Fsp3) is 0.257. The molecule has 5 aromatic rings. The molecular formula is C35H33F2N6O5S+. The van der Waals surface area contributed by atoms with E-state index in [0.717, 1.165) is 34.9 Å². The van der Waals surface area contributed by atoms with E-state index in [0.29, 0.717) is 16.3 Å². The van der Waals surface area contributed by atoms with E-state index >= 15 is 4.39 Å². The molecule has 11 nitrogen and oxygen atoms in total. The van der Waals surface area contributed by atoms with Crippen molar-refractivity contribution in [3.8, 4) is 17.3 Å². The zero-order valence-corrected chi connectivity index (χ0v) is 27.7. The number of hydrogen-bond donors (Lipinski definition) is 2. The number of nitrogens with zero attached hydrogens (tertiary/aromatic N) is 5. The van der Waals surface area contributed by atoms with Crippen molar-refractivity contribution in [2.75, 3.05) is 6.61 Å². The van der Waals surface area contributed by atoms with Crippen molar-refractivity contribution in [3.05, 3.63) is 124 Å². The third-order valence-electron chi connectivity index (χ3n) is 8.00. The molecule has 3 atom stereocenters. The number of aromatic nitrogens is 4. The summed E-state index contributed by atoms with van der Waals surface area (Å²) in [5.41, 5.74) is 1.19. The van der Waals surface area contributed by atoms with Gasteiger partial charge in [0, 0.05) is 34.4 Å². The Morgan fingerprint density at radius 1 is 1.14 bits per heavy atom. The van der Waals surface area contributed by atoms with Gasteiger partial charge in [0.2, 0.25) is 13.1 Å². The lowest BCUT2D eigenvalue weighted by atomic mass is 9.82. The second-order valence-corrected chi connectivity index (χ2v) is 12.3. The first-order chi connectivity index (χ1) is 23.5. The first kappa shape index (κ1) is 34.8. The lowest BCUT2D eigenvalue weighted by Gasteiger charge is -2.32. The van der Waals surface area contributed by atoms with Gasteiger partial charge in [0.15, 0.2) is 0 Å². The number of hydrogen-bond acceptors (Lipinski definition) is 9. The fourth-order valence-corrected chi connectivity index (χ4v) is 6.26. The van der Waals surface area contributed by atoms with Gasteiger partial charge in [-0.15, -0.1) is 16.0 Å². The van der Waals surface area contributed by atoms with Crippen LogP contribution in [0.15, 0.2) is 84.8 Å². The fourth-order valence-electron chi connectivity index (χ4n) is 5.29. The molecule has 2 heterocycles. The minimum Gasteiger partial charge on any atom is -0.463 e. The van der Waals surface area contributed by atoms with Crippen LogP contribution in [-0.2, 0) is 33.1 Å². The molecule has 0 radical (unpaired) electrons. The van der Waals surface area contributed by atoms with E-state index in [4.69, 9.17) is 14.7 Å². The Labute approximate surface area is 285 Å². The lowest BCUT2D eigenvalue weighted by molar-refractivity contribution is -0.728. The Hall–Kier alpha value is -5.52. The molecule has 49 heavy (non-hydrogen) atoms. The summed E-state index contributed by atoms with van der Waals surface area (Å²) in [5.74, 6) is -2.87.